The molecule has 7 rings (SSSR count). The summed E-state index contributed by atoms with van der Waals surface area (Å²) >= 11 is 0. The summed E-state index contributed by atoms with van der Waals surface area (Å²) < 4.78 is 18.7. The van der Waals surface area contributed by atoms with E-state index in [1.165, 1.54) is 6.92 Å². The van der Waals surface area contributed by atoms with Gasteiger partial charge in [0.25, 0.3) is 0 Å². The zero-order valence-corrected chi connectivity index (χ0v) is 30.5. The molecular weight excluding hydrogens is 650 g/mol. The van der Waals surface area contributed by atoms with Crippen molar-refractivity contribution in [3.63, 3.8) is 0 Å². The van der Waals surface area contributed by atoms with Crippen molar-refractivity contribution in [1.29, 1.82) is 0 Å². The van der Waals surface area contributed by atoms with Crippen molar-refractivity contribution < 1.29 is 59.5 Å². The van der Waals surface area contributed by atoms with E-state index in [1.54, 1.807) is 13.8 Å². The van der Waals surface area contributed by atoms with Gasteiger partial charge in [-0.25, -0.2) is 4.79 Å². The SMILES string of the molecule is CCC(C)C(=O)O[C@H]1C(O)C2C(CN3C[C@@H](C)CCC3[C@@]2(C)O)C2C[C@]34O[C@]5(O)C(OC(=O)C(C)(O)C(C)O)CCC3(C)C5CC(O)C4[C@@]21O. The Morgan fingerprint density at radius 2 is 1.74 bits per heavy atom. The highest BCUT2D eigenvalue weighted by molar-refractivity contribution is 5.79. The number of carbonyl (C=O) groups is 2. The number of esters is 2. The topological polar surface area (TPSA) is 207 Å². The third kappa shape index (κ3) is 4.57. The molecule has 0 amide bonds. The van der Waals surface area contributed by atoms with Crippen LogP contribution in [-0.4, -0.2) is 130 Å². The molecule has 3 heterocycles. The predicted octanol–water partition coefficient (Wildman–Crippen LogP) is 0.466. The molecule has 13 heteroatoms. The fraction of sp³-hybridized carbons (Fsp3) is 0.946. The molecule has 0 aromatic carbocycles. The van der Waals surface area contributed by atoms with Gasteiger partial charge in [-0.3, -0.25) is 9.69 Å². The Balaban J connectivity index is 1.34. The number of aliphatic hydroxyl groups is 7. The first-order valence-electron chi connectivity index (χ1n) is 18.9. The van der Waals surface area contributed by atoms with E-state index in [-0.39, 0.29) is 25.3 Å². The number of rotatable bonds is 6. The van der Waals surface area contributed by atoms with Crippen LogP contribution in [-0.2, 0) is 23.8 Å². The van der Waals surface area contributed by atoms with Gasteiger partial charge in [-0.2, -0.15) is 0 Å². The molecule has 4 aliphatic carbocycles. The van der Waals surface area contributed by atoms with E-state index in [0.29, 0.717) is 25.3 Å². The Labute approximate surface area is 294 Å². The summed E-state index contributed by atoms with van der Waals surface area (Å²) in [5.41, 5.74) is -7.89. The highest BCUT2D eigenvalue weighted by atomic mass is 16.7. The van der Waals surface area contributed by atoms with Crippen LogP contribution in [0.2, 0.25) is 0 Å². The fourth-order valence-corrected chi connectivity index (χ4v) is 12.5. The summed E-state index contributed by atoms with van der Waals surface area (Å²) in [6.07, 6.45) is -4.15. The fourth-order valence-electron chi connectivity index (χ4n) is 12.5. The van der Waals surface area contributed by atoms with Gasteiger partial charge in [0, 0.05) is 42.3 Å². The molecular formula is C37H59NO12. The summed E-state index contributed by atoms with van der Waals surface area (Å²) in [6, 6.07) is -0.238. The molecule has 0 aromatic heterocycles. The van der Waals surface area contributed by atoms with Crippen LogP contribution in [0.5, 0.6) is 0 Å². The molecule has 7 fully saturated rings. The molecule has 284 valence electrons. The maximum Gasteiger partial charge on any atom is 0.341 e. The van der Waals surface area contributed by atoms with Gasteiger partial charge in [0.1, 0.15) is 5.60 Å². The number of ether oxygens (including phenoxy) is 3. The Bertz CT molecular complexity index is 1390. The smallest absolute Gasteiger partial charge is 0.341 e. The van der Waals surface area contributed by atoms with Gasteiger partial charge in [0.15, 0.2) is 17.8 Å². The Kier molecular flexibility index (Phi) is 8.52. The molecule has 4 bridgehead atoms. The number of nitrogens with zero attached hydrogens (tertiary/aromatic N) is 1. The largest absolute Gasteiger partial charge is 0.456 e. The van der Waals surface area contributed by atoms with E-state index in [0.717, 1.165) is 26.3 Å². The number of hydrogen-bond acceptors (Lipinski definition) is 13. The molecule has 7 aliphatic rings. The monoisotopic (exact) mass is 709 g/mol. The average Bonchev–Trinajstić information content (AvgIpc) is 3.31. The molecule has 13 nitrogen and oxygen atoms in total. The van der Waals surface area contributed by atoms with Crippen molar-refractivity contribution >= 4 is 11.9 Å². The lowest BCUT2D eigenvalue weighted by Crippen LogP contribution is -2.77. The van der Waals surface area contributed by atoms with Gasteiger partial charge in [-0.05, 0) is 83.5 Å². The minimum atomic E-state index is -2.25. The molecule has 19 atom stereocenters. The molecule has 3 saturated heterocycles. The van der Waals surface area contributed by atoms with Crippen LogP contribution in [0.1, 0.15) is 93.4 Å². The summed E-state index contributed by atoms with van der Waals surface area (Å²) in [5.74, 6) is -7.78. The van der Waals surface area contributed by atoms with Gasteiger partial charge in [-0.1, -0.05) is 27.7 Å². The third-order valence-electron chi connectivity index (χ3n) is 15.5. The van der Waals surface area contributed by atoms with Crippen LogP contribution in [0.15, 0.2) is 0 Å². The van der Waals surface area contributed by atoms with E-state index < -0.39 is 112 Å². The molecule has 1 spiro atoms. The summed E-state index contributed by atoms with van der Waals surface area (Å²) in [7, 11) is 0. The lowest BCUT2D eigenvalue weighted by molar-refractivity contribution is -0.300. The van der Waals surface area contributed by atoms with Crippen LogP contribution >= 0.6 is 0 Å². The summed E-state index contributed by atoms with van der Waals surface area (Å²) in [4.78, 5) is 28.9. The van der Waals surface area contributed by atoms with E-state index in [9.17, 15) is 45.3 Å². The standard InChI is InChI=1S/C37H59NO12/c1-8-18(3)30(42)49-29-27(41)26-20(16-38-15-17(2)9-10-24(38)34(26,7)45)21-14-35-28(36(21,29)46)22(40)13-23-32(35,5)12-11-25(37(23,47)50-35)48-31(43)33(6,44)19(4)39/h17-29,39-41,44-47H,8-16H2,1-7H3/t17-,18?,19?,20?,21?,22?,23?,24?,25?,26?,27?,28?,29-,32?,33?,34+,35+,36-,37-/m0/s1. The molecule has 7 N–H and O–H groups in total. The van der Waals surface area contributed by atoms with Crippen molar-refractivity contribution in [2.45, 2.75) is 158 Å². The summed E-state index contributed by atoms with van der Waals surface area (Å²) in [5, 5.41) is 83.5. The zero-order chi connectivity index (χ0) is 36.7. The van der Waals surface area contributed by atoms with Gasteiger partial charge >= 0.3 is 11.9 Å². The Morgan fingerprint density at radius 1 is 1.06 bits per heavy atom. The maximum atomic E-state index is 13.5. The number of aliphatic hydroxyl groups excluding tert-OH is 3. The van der Waals surface area contributed by atoms with Crippen molar-refractivity contribution in [3.8, 4) is 0 Å². The third-order valence-corrected chi connectivity index (χ3v) is 15.5. The van der Waals surface area contributed by atoms with E-state index in [2.05, 4.69) is 11.8 Å². The lowest BCUT2D eigenvalue weighted by atomic mass is 9.49. The van der Waals surface area contributed by atoms with E-state index in [1.807, 2.05) is 13.8 Å². The molecule has 0 aromatic rings. The molecule has 0 radical (unpaired) electrons. The van der Waals surface area contributed by atoms with Gasteiger partial charge < -0.3 is 50.0 Å². The Hall–Kier alpha value is -1.42. The number of fused-ring (bicyclic) bond motifs is 5. The maximum absolute atomic E-state index is 13.5. The molecule has 4 saturated carbocycles. The van der Waals surface area contributed by atoms with Gasteiger partial charge in [0.2, 0.25) is 5.79 Å². The predicted molar refractivity (Wildman–Crippen MR) is 176 cm³/mol. The first kappa shape index (κ1) is 36.9. The highest BCUT2D eigenvalue weighted by Crippen LogP contribution is 2.77. The van der Waals surface area contributed by atoms with Crippen LogP contribution < -0.4 is 0 Å². The van der Waals surface area contributed by atoms with Crippen molar-refractivity contribution in [3.05, 3.63) is 0 Å². The first-order valence-corrected chi connectivity index (χ1v) is 18.9. The second kappa shape index (κ2) is 11.5. The lowest BCUT2D eigenvalue weighted by Gasteiger charge is -2.64. The summed E-state index contributed by atoms with van der Waals surface area (Å²) in [6.45, 7) is 13.1. The van der Waals surface area contributed by atoms with Crippen LogP contribution in [0.25, 0.3) is 0 Å². The van der Waals surface area contributed by atoms with Crippen LogP contribution in [0.3, 0.4) is 0 Å². The highest BCUT2D eigenvalue weighted by Gasteiger charge is 2.87. The molecule has 13 unspecified atom stereocenters. The molecule has 3 aliphatic heterocycles. The Morgan fingerprint density at radius 3 is 2.38 bits per heavy atom. The van der Waals surface area contributed by atoms with Crippen molar-refractivity contribution in [2.75, 3.05) is 13.1 Å². The number of piperidine rings is 2. The van der Waals surface area contributed by atoms with Crippen LogP contribution in [0, 0.1) is 46.8 Å². The molecule has 50 heavy (non-hydrogen) atoms. The number of carbonyl (C=O) groups excluding carboxylic acids is 2. The second-order valence-electron chi connectivity index (χ2n) is 18.2. The first-order chi connectivity index (χ1) is 23.1. The van der Waals surface area contributed by atoms with Crippen molar-refractivity contribution in [1.82, 2.24) is 4.90 Å². The normalized spacial score (nSPS) is 54.6. The van der Waals surface area contributed by atoms with Crippen LogP contribution in [0.4, 0.5) is 0 Å². The second-order valence-corrected chi connectivity index (χ2v) is 18.2. The zero-order valence-electron chi connectivity index (χ0n) is 30.5. The van der Waals surface area contributed by atoms with Crippen molar-refractivity contribution in [2.24, 2.45) is 46.8 Å². The van der Waals surface area contributed by atoms with Gasteiger partial charge in [-0.15, -0.1) is 0 Å². The van der Waals surface area contributed by atoms with Gasteiger partial charge in [0.05, 0.1) is 35.4 Å². The minimum Gasteiger partial charge on any atom is -0.456 e. The van der Waals surface area contributed by atoms with E-state index in [4.69, 9.17) is 14.2 Å². The number of hydrogen-bond donors (Lipinski definition) is 7. The minimum absolute atomic E-state index is 0.0328. The quantitative estimate of drug-likeness (QED) is 0.188. The average molecular weight is 710 g/mol. The van der Waals surface area contributed by atoms with E-state index >= 15 is 0 Å².